The van der Waals surface area contributed by atoms with E-state index in [9.17, 15) is 4.79 Å². The summed E-state index contributed by atoms with van der Waals surface area (Å²) in [5.41, 5.74) is 5.53. The van der Waals surface area contributed by atoms with Crippen LogP contribution in [0.1, 0.15) is 27.8 Å². The number of carbonyl (C=O) groups is 1. The lowest BCUT2D eigenvalue weighted by Gasteiger charge is -2.38. The number of aromatic amines is 1. The van der Waals surface area contributed by atoms with E-state index < -0.39 is 0 Å². The molecule has 7 nitrogen and oxygen atoms in total. The number of rotatable bonds is 5. The highest BCUT2D eigenvalue weighted by Crippen LogP contribution is 2.33. The standard InChI is InChI=1S/C23H21N5O2/c1-30-14-15-5-4-6-16(11-15)20-21(25-10-9-24-20)17-12-28(13-17)23(29)22-26-18-7-2-3-8-19(18)27-22/h2-11,17H,12-14H2,1H3,(H,26,27). The summed E-state index contributed by atoms with van der Waals surface area (Å²) in [6, 6.07) is 15.8. The number of nitrogens with one attached hydrogen (secondary N) is 1. The number of likely N-dealkylation sites (tertiary alicyclic amines) is 1. The fraction of sp³-hybridized carbons (Fsp3) is 0.217. The molecule has 1 aliphatic rings. The maximum absolute atomic E-state index is 12.8. The van der Waals surface area contributed by atoms with Gasteiger partial charge in [-0.2, -0.15) is 0 Å². The zero-order chi connectivity index (χ0) is 20.5. The minimum atomic E-state index is -0.0880. The van der Waals surface area contributed by atoms with E-state index in [1.54, 1.807) is 24.4 Å². The molecule has 1 aliphatic heterocycles. The van der Waals surface area contributed by atoms with Crippen molar-refractivity contribution in [1.82, 2.24) is 24.8 Å². The molecule has 1 fully saturated rings. The van der Waals surface area contributed by atoms with Crippen molar-refractivity contribution in [2.45, 2.75) is 12.5 Å². The van der Waals surface area contributed by atoms with Gasteiger partial charge in [0.25, 0.3) is 5.91 Å². The third kappa shape index (κ3) is 3.33. The minimum Gasteiger partial charge on any atom is -0.380 e. The van der Waals surface area contributed by atoms with Gasteiger partial charge in [-0.15, -0.1) is 0 Å². The molecule has 0 unspecified atom stereocenters. The van der Waals surface area contributed by atoms with E-state index in [-0.39, 0.29) is 11.8 Å². The predicted octanol–water partition coefficient (Wildman–Crippen LogP) is 3.41. The monoisotopic (exact) mass is 399 g/mol. The first-order valence-corrected chi connectivity index (χ1v) is 9.86. The van der Waals surface area contributed by atoms with Gasteiger partial charge in [-0.25, -0.2) is 4.98 Å². The molecule has 7 heteroatoms. The fourth-order valence-corrected chi connectivity index (χ4v) is 3.87. The summed E-state index contributed by atoms with van der Waals surface area (Å²) in [6.07, 6.45) is 3.42. The zero-order valence-electron chi connectivity index (χ0n) is 16.6. The van der Waals surface area contributed by atoms with Crippen molar-refractivity contribution in [3.8, 4) is 11.3 Å². The van der Waals surface area contributed by atoms with Crippen LogP contribution in [0.5, 0.6) is 0 Å². The Labute approximate surface area is 173 Å². The number of ether oxygens (including phenoxy) is 1. The number of para-hydroxylation sites is 2. The summed E-state index contributed by atoms with van der Waals surface area (Å²) >= 11 is 0. The van der Waals surface area contributed by atoms with Crippen LogP contribution in [0.15, 0.2) is 60.9 Å². The third-order valence-electron chi connectivity index (χ3n) is 5.39. The number of benzene rings is 2. The van der Waals surface area contributed by atoms with Gasteiger partial charge in [0, 0.05) is 44.1 Å². The quantitative estimate of drug-likeness (QED) is 0.556. The summed E-state index contributed by atoms with van der Waals surface area (Å²) in [7, 11) is 1.68. The number of imidazole rings is 1. The van der Waals surface area contributed by atoms with Crippen LogP contribution < -0.4 is 0 Å². The van der Waals surface area contributed by atoms with Crippen LogP contribution in [0, 0.1) is 0 Å². The molecule has 0 aliphatic carbocycles. The molecule has 5 rings (SSSR count). The van der Waals surface area contributed by atoms with Gasteiger partial charge in [-0.1, -0.05) is 30.3 Å². The third-order valence-corrected chi connectivity index (χ3v) is 5.39. The number of hydrogen-bond donors (Lipinski definition) is 1. The van der Waals surface area contributed by atoms with Crippen molar-refractivity contribution in [3.63, 3.8) is 0 Å². The molecule has 150 valence electrons. The number of fused-ring (bicyclic) bond motifs is 1. The van der Waals surface area contributed by atoms with Crippen LogP contribution in [0.25, 0.3) is 22.3 Å². The molecule has 1 amide bonds. The number of amides is 1. The van der Waals surface area contributed by atoms with E-state index in [4.69, 9.17) is 4.74 Å². The maximum Gasteiger partial charge on any atom is 0.289 e. The molecule has 0 radical (unpaired) electrons. The van der Waals surface area contributed by atoms with Crippen LogP contribution in [-0.2, 0) is 11.3 Å². The lowest BCUT2D eigenvalue weighted by Crippen LogP contribution is -2.49. The van der Waals surface area contributed by atoms with Crippen molar-refractivity contribution >= 4 is 16.9 Å². The second kappa shape index (κ2) is 7.68. The van der Waals surface area contributed by atoms with E-state index >= 15 is 0 Å². The average Bonchev–Trinajstić information content (AvgIpc) is 3.18. The smallest absolute Gasteiger partial charge is 0.289 e. The molecule has 2 aromatic carbocycles. The van der Waals surface area contributed by atoms with Gasteiger partial charge in [-0.05, 0) is 23.8 Å². The van der Waals surface area contributed by atoms with Crippen molar-refractivity contribution < 1.29 is 9.53 Å². The van der Waals surface area contributed by atoms with E-state index in [0.717, 1.165) is 33.5 Å². The highest BCUT2D eigenvalue weighted by atomic mass is 16.5. The molecule has 0 saturated carbocycles. The maximum atomic E-state index is 12.8. The normalized spacial score (nSPS) is 14.1. The SMILES string of the molecule is COCc1cccc(-c2nccnc2C2CN(C(=O)c3nc4ccccc4[nH]3)C2)c1. The van der Waals surface area contributed by atoms with Crippen molar-refractivity contribution in [1.29, 1.82) is 0 Å². The zero-order valence-corrected chi connectivity index (χ0v) is 16.6. The van der Waals surface area contributed by atoms with Crippen LogP contribution in [0.3, 0.4) is 0 Å². The Kier molecular flexibility index (Phi) is 4.72. The van der Waals surface area contributed by atoms with E-state index in [1.165, 1.54) is 0 Å². The first-order valence-electron chi connectivity index (χ1n) is 9.86. The summed E-state index contributed by atoms with van der Waals surface area (Å²) in [5, 5.41) is 0. The number of hydrogen-bond acceptors (Lipinski definition) is 5. The minimum absolute atomic E-state index is 0.0880. The molecule has 0 atom stereocenters. The lowest BCUT2D eigenvalue weighted by atomic mass is 9.92. The number of methoxy groups -OCH3 is 1. The molecule has 3 heterocycles. The van der Waals surface area contributed by atoms with Gasteiger partial charge < -0.3 is 14.6 Å². The molecule has 1 saturated heterocycles. The van der Waals surface area contributed by atoms with E-state index in [1.807, 2.05) is 42.5 Å². The first kappa shape index (κ1) is 18.4. The highest BCUT2D eigenvalue weighted by molar-refractivity contribution is 5.94. The molecule has 2 aromatic heterocycles. The summed E-state index contributed by atoms with van der Waals surface area (Å²) < 4.78 is 5.24. The van der Waals surface area contributed by atoms with Gasteiger partial charge in [0.15, 0.2) is 5.82 Å². The lowest BCUT2D eigenvalue weighted by molar-refractivity contribution is 0.0587. The van der Waals surface area contributed by atoms with Crippen molar-refractivity contribution in [2.75, 3.05) is 20.2 Å². The second-order valence-electron chi connectivity index (χ2n) is 7.43. The Bertz CT molecular complexity index is 1180. The molecular weight excluding hydrogens is 378 g/mol. The fourth-order valence-electron chi connectivity index (χ4n) is 3.87. The number of aromatic nitrogens is 4. The van der Waals surface area contributed by atoms with Crippen molar-refractivity contribution in [2.24, 2.45) is 0 Å². The first-order chi connectivity index (χ1) is 14.7. The Morgan fingerprint density at radius 1 is 1.13 bits per heavy atom. The highest BCUT2D eigenvalue weighted by Gasteiger charge is 2.36. The van der Waals surface area contributed by atoms with Gasteiger partial charge in [0.05, 0.1) is 29.0 Å². The number of carbonyl (C=O) groups excluding carboxylic acids is 1. The molecule has 4 aromatic rings. The molecule has 1 N–H and O–H groups in total. The van der Waals surface area contributed by atoms with Crippen LogP contribution >= 0.6 is 0 Å². The van der Waals surface area contributed by atoms with Gasteiger partial charge in [-0.3, -0.25) is 14.8 Å². The number of H-pyrrole nitrogens is 1. The summed E-state index contributed by atoms with van der Waals surface area (Å²) in [5.74, 6) is 0.435. The Morgan fingerprint density at radius 2 is 1.97 bits per heavy atom. The van der Waals surface area contributed by atoms with Crippen LogP contribution in [0.2, 0.25) is 0 Å². The molecule has 30 heavy (non-hydrogen) atoms. The molecule has 0 bridgehead atoms. The van der Waals surface area contributed by atoms with Gasteiger partial charge in [0.2, 0.25) is 0 Å². The topological polar surface area (TPSA) is 84.0 Å². The van der Waals surface area contributed by atoms with E-state index in [2.05, 4.69) is 26.0 Å². The van der Waals surface area contributed by atoms with E-state index in [0.29, 0.717) is 25.5 Å². The van der Waals surface area contributed by atoms with Gasteiger partial charge >= 0.3 is 0 Å². The largest absolute Gasteiger partial charge is 0.380 e. The van der Waals surface area contributed by atoms with Gasteiger partial charge in [0.1, 0.15) is 0 Å². The van der Waals surface area contributed by atoms with Crippen LogP contribution in [-0.4, -0.2) is 50.9 Å². The second-order valence-corrected chi connectivity index (χ2v) is 7.43. The number of nitrogens with zero attached hydrogens (tertiary/aromatic N) is 4. The molecular formula is C23H21N5O2. The summed E-state index contributed by atoms with van der Waals surface area (Å²) in [4.78, 5) is 31.3. The Balaban J connectivity index is 1.35. The summed E-state index contributed by atoms with van der Waals surface area (Å²) in [6.45, 7) is 1.74. The van der Waals surface area contributed by atoms with Crippen LogP contribution in [0.4, 0.5) is 0 Å². The Morgan fingerprint density at radius 3 is 2.80 bits per heavy atom. The van der Waals surface area contributed by atoms with Crippen molar-refractivity contribution in [3.05, 3.63) is 78.0 Å². The predicted molar refractivity (Wildman–Crippen MR) is 113 cm³/mol. The molecule has 0 spiro atoms. The average molecular weight is 399 g/mol. The Hall–Kier alpha value is -3.58.